The second-order valence-corrected chi connectivity index (χ2v) is 4.87. The fraction of sp³-hybridized carbons (Fsp3) is 0.118. The largest absolute Gasteiger partial charge is 0.383 e. The highest BCUT2D eigenvalue weighted by Crippen LogP contribution is 2.23. The number of nitrogens with zero attached hydrogens (tertiary/aromatic N) is 2. The van der Waals surface area contributed by atoms with Gasteiger partial charge in [-0.2, -0.15) is 0 Å². The fourth-order valence-corrected chi connectivity index (χ4v) is 2.20. The van der Waals surface area contributed by atoms with Crippen LogP contribution in [0.1, 0.15) is 5.56 Å². The van der Waals surface area contributed by atoms with Crippen LogP contribution in [0.25, 0.3) is 27.9 Å². The molecule has 0 spiro atoms. The molecule has 0 aliphatic rings. The summed E-state index contributed by atoms with van der Waals surface area (Å²) in [6.07, 6.45) is 4.18. The number of benzene rings is 2. The van der Waals surface area contributed by atoms with Crippen molar-refractivity contribution in [1.82, 2.24) is 9.88 Å². The molecular formula is C17H16N2. The van der Waals surface area contributed by atoms with E-state index in [0.717, 1.165) is 11.0 Å². The van der Waals surface area contributed by atoms with Gasteiger partial charge in [-0.1, -0.05) is 30.3 Å². The third-order valence-corrected chi connectivity index (χ3v) is 3.15. The average Bonchev–Trinajstić information content (AvgIpc) is 2.42. The van der Waals surface area contributed by atoms with E-state index in [4.69, 9.17) is 4.98 Å². The van der Waals surface area contributed by atoms with Crippen LogP contribution in [0.2, 0.25) is 0 Å². The Bertz CT molecular complexity index is 757. The first-order chi connectivity index (χ1) is 9.24. The average molecular weight is 248 g/mol. The highest BCUT2D eigenvalue weighted by atomic mass is 15.0. The van der Waals surface area contributed by atoms with E-state index in [1.165, 1.54) is 16.3 Å². The lowest BCUT2D eigenvalue weighted by Crippen LogP contribution is -1.99. The SMILES string of the molecule is CN(C)/C=C/c1cccc2nc3ccccc3cc12. The highest BCUT2D eigenvalue weighted by Gasteiger charge is 2.02. The fourth-order valence-electron chi connectivity index (χ4n) is 2.20. The Balaban J connectivity index is 2.26. The van der Waals surface area contributed by atoms with Crippen LogP contribution in [0.5, 0.6) is 0 Å². The number of pyridine rings is 1. The molecule has 94 valence electrons. The number of rotatable bonds is 2. The highest BCUT2D eigenvalue weighted by molar-refractivity contribution is 5.96. The molecule has 0 amide bonds. The summed E-state index contributed by atoms with van der Waals surface area (Å²) in [4.78, 5) is 6.75. The zero-order valence-electron chi connectivity index (χ0n) is 11.2. The summed E-state index contributed by atoms with van der Waals surface area (Å²) >= 11 is 0. The van der Waals surface area contributed by atoms with E-state index in [2.05, 4.69) is 48.7 Å². The molecule has 0 fully saturated rings. The third-order valence-electron chi connectivity index (χ3n) is 3.15. The Kier molecular flexibility index (Phi) is 2.92. The summed E-state index contributed by atoms with van der Waals surface area (Å²) in [5, 5.41) is 2.38. The van der Waals surface area contributed by atoms with Gasteiger partial charge in [0.15, 0.2) is 0 Å². The zero-order chi connectivity index (χ0) is 13.2. The predicted octanol–water partition coefficient (Wildman–Crippen LogP) is 3.92. The quantitative estimate of drug-likeness (QED) is 0.639. The maximum atomic E-state index is 4.72. The molecule has 0 atom stereocenters. The van der Waals surface area contributed by atoms with Crippen molar-refractivity contribution in [3.63, 3.8) is 0 Å². The van der Waals surface area contributed by atoms with Gasteiger partial charge in [-0.3, -0.25) is 0 Å². The van der Waals surface area contributed by atoms with Crippen molar-refractivity contribution in [2.75, 3.05) is 14.1 Å². The second kappa shape index (κ2) is 4.73. The van der Waals surface area contributed by atoms with E-state index in [1.54, 1.807) is 0 Å². The molecule has 1 heterocycles. The molecule has 3 rings (SSSR count). The van der Waals surface area contributed by atoms with E-state index in [-0.39, 0.29) is 0 Å². The Morgan fingerprint density at radius 2 is 1.74 bits per heavy atom. The summed E-state index contributed by atoms with van der Waals surface area (Å²) < 4.78 is 0. The standard InChI is InChI=1S/C17H16N2/c1-19(2)11-10-13-7-5-9-17-15(13)12-14-6-3-4-8-16(14)18-17/h3-12H,1-2H3/b11-10+. The molecule has 0 aliphatic carbocycles. The van der Waals surface area contributed by atoms with Crippen LogP contribution < -0.4 is 0 Å². The lowest BCUT2D eigenvalue weighted by Gasteiger charge is -2.06. The molecule has 0 aliphatic heterocycles. The van der Waals surface area contributed by atoms with Gasteiger partial charge in [-0.05, 0) is 36.0 Å². The van der Waals surface area contributed by atoms with Crippen LogP contribution in [-0.4, -0.2) is 24.0 Å². The van der Waals surface area contributed by atoms with Crippen molar-refractivity contribution in [3.05, 3.63) is 60.3 Å². The van der Waals surface area contributed by atoms with Crippen molar-refractivity contribution in [3.8, 4) is 0 Å². The molecular weight excluding hydrogens is 232 g/mol. The normalized spacial score (nSPS) is 11.5. The van der Waals surface area contributed by atoms with Gasteiger partial charge in [-0.25, -0.2) is 4.98 Å². The van der Waals surface area contributed by atoms with Gasteiger partial charge < -0.3 is 4.90 Å². The van der Waals surface area contributed by atoms with Gasteiger partial charge in [0.2, 0.25) is 0 Å². The first-order valence-electron chi connectivity index (χ1n) is 6.37. The van der Waals surface area contributed by atoms with Crippen LogP contribution >= 0.6 is 0 Å². The summed E-state index contributed by atoms with van der Waals surface area (Å²) in [6, 6.07) is 16.7. The maximum absolute atomic E-state index is 4.72. The summed E-state index contributed by atoms with van der Waals surface area (Å²) in [5.41, 5.74) is 3.28. The lowest BCUT2D eigenvalue weighted by molar-refractivity contribution is 0.567. The first kappa shape index (κ1) is 11.7. The third kappa shape index (κ3) is 2.29. The minimum Gasteiger partial charge on any atom is -0.383 e. The topological polar surface area (TPSA) is 16.1 Å². The zero-order valence-corrected chi connectivity index (χ0v) is 11.2. The van der Waals surface area contributed by atoms with Crippen molar-refractivity contribution >= 4 is 27.9 Å². The number of hydrogen-bond acceptors (Lipinski definition) is 2. The van der Waals surface area contributed by atoms with E-state index >= 15 is 0 Å². The molecule has 0 saturated heterocycles. The van der Waals surface area contributed by atoms with Gasteiger partial charge in [0, 0.05) is 24.9 Å². The van der Waals surface area contributed by atoms with Crippen molar-refractivity contribution < 1.29 is 0 Å². The summed E-state index contributed by atoms with van der Waals surface area (Å²) in [6.45, 7) is 0. The predicted molar refractivity (Wildman–Crippen MR) is 82.0 cm³/mol. The van der Waals surface area contributed by atoms with E-state index < -0.39 is 0 Å². The van der Waals surface area contributed by atoms with Gasteiger partial charge in [0.05, 0.1) is 11.0 Å². The minimum absolute atomic E-state index is 1.04. The van der Waals surface area contributed by atoms with Crippen LogP contribution in [0.4, 0.5) is 0 Å². The molecule has 19 heavy (non-hydrogen) atoms. The van der Waals surface area contributed by atoms with E-state index in [0.29, 0.717) is 0 Å². The molecule has 2 aromatic carbocycles. The van der Waals surface area contributed by atoms with Gasteiger partial charge in [-0.15, -0.1) is 0 Å². The summed E-state index contributed by atoms with van der Waals surface area (Å²) in [5.74, 6) is 0. The molecule has 0 unspecified atom stereocenters. The summed E-state index contributed by atoms with van der Waals surface area (Å²) in [7, 11) is 4.05. The van der Waals surface area contributed by atoms with Crippen molar-refractivity contribution in [2.45, 2.75) is 0 Å². The molecule has 0 saturated carbocycles. The van der Waals surface area contributed by atoms with Crippen molar-refractivity contribution in [2.24, 2.45) is 0 Å². The van der Waals surface area contributed by atoms with Crippen LogP contribution in [0.15, 0.2) is 54.7 Å². The maximum Gasteiger partial charge on any atom is 0.0715 e. The molecule has 0 N–H and O–H groups in total. The number of aromatic nitrogens is 1. The number of hydrogen-bond donors (Lipinski definition) is 0. The molecule has 0 bridgehead atoms. The van der Waals surface area contributed by atoms with E-state index in [1.807, 2.05) is 31.1 Å². The second-order valence-electron chi connectivity index (χ2n) is 4.87. The van der Waals surface area contributed by atoms with Crippen LogP contribution in [-0.2, 0) is 0 Å². The Morgan fingerprint density at radius 1 is 0.947 bits per heavy atom. The Labute approximate surface area is 113 Å². The Morgan fingerprint density at radius 3 is 2.58 bits per heavy atom. The van der Waals surface area contributed by atoms with Gasteiger partial charge in [0.1, 0.15) is 0 Å². The molecule has 2 nitrogen and oxygen atoms in total. The van der Waals surface area contributed by atoms with Gasteiger partial charge >= 0.3 is 0 Å². The van der Waals surface area contributed by atoms with Crippen LogP contribution in [0.3, 0.4) is 0 Å². The van der Waals surface area contributed by atoms with Crippen molar-refractivity contribution in [1.29, 1.82) is 0 Å². The molecule has 3 aromatic rings. The first-order valence-corrected chi connectivity index (χ1v) is 6.37. The Hall–Kier alpha value is -2.35. The lowest BCUT2D eigenvalue weighted by atomic mass is 10.1. The monoisotopic (exact) mass is 248 g/mol. The van der Waals surface area contributed by atoms with Gasteiger partial charge in [0.25, 0.3) is 0 Å². The molecule has 1 aromatic heterocycles. The molecule has 0 radical (unpaired) electrons. The smallest absolute Gasteiger partial charge is 0.0715 e. The van der Waals surface area contributed by atoms with Crippen LogP contribution in [0, 0.1) is 0 Å². The minimum atomic E-state index is 1.04. The number of para-hydroxylation sites is 1. The molecule has 2 heteroatoms. The van der Waals surface area contributed by atoms with E-state index in [9.17, 15) is 0 Å². The number of fused-ring (bicyclic) bond motifs is 2.